The highest BCUT2D eigenvalue weighted by atomic mass is 127. The summed E-state index contributed by atoms with van der Waals surface area (Å²) in [5.41, 5.74) is 0. The number of aromatic nitrogens is 3. The van der Waals surface area contributed by atoms with Gasteiger partial charge in [0, 0.05) is 35.3 Å². The van der Waals surface area contributed by atoms with Gasteiger partial charge in [-0.2, -0.15) is 0 Å². The van der Waals surface area contributed by atoms with E-state index in [0.717, 1.165) is 42.2 Å². The van der Waals surface area contributed by atoms with Gasteiger partial charge in [-0.15, -0.1) is 45.9 Å². The number of halogens is 2. The predicted molar refractivity (Wildman–Crippen MR) is 116 cm³/mol. The number of nitrogens with one attached hydrogen (secondary N) is 2. The van der Waals surface area contributed by atoms with Crippen molar-refractivity contribution in [3.05, 3.63) is 41.4 Å². The molecule has 0 bridgehead atoms. The van der Waals surface area contributed by atoms with E-state index >= 15 is 0 Å². The molecule has 2 aromatic rings. The lowest BCUT2D eigenvalue weighted by Gasteiger charge is -2.11. The van der Waals surface area contributed by atoms with E-state index in [1.807, 2.05) is 35.8 Å². The maximum Gasteiger partial charge on any atom is 0.191 e. The van der Waals surface area contributed by atoms with Gasteiger partial charge in [0.15, 0.2) is 11.8 Å². The van der Waals surface area contributed by atoms with Gasteiger partial charge in [0.1, 0.15) is 12.9 Å². The van der Waals surface area contributed by atoms with Gasteiger partial charge in [-0.05, 0) is 38.1 Å². The lowest BCUT2D eigenvalue weighted by atomic mass is 10.4. The highest BCUT2D eigenvalue weighted by molar-refractivity contribution is 14.0. The molecule has 0 unspecified atom stereocenters. The molecule has 1 aromatic heterocycles. The number of hydrogen-bond donors (Lipinski definition) is 2. The minimum absolute atomic E-state index is 0. The van der Waals surface area contributed by atoms with Crippen molar-refractivity contribution in [3.63, 3.8) is 0 Å². The van der Waals surface area contributed by atoms with Crippen LogP contribution in [-0.2, 0) is 13.1 Å². The second-order valence-corrected chi connectivity index (χ2v) is 6.56. The van der Waals surface area contributed by atoms with Crippen LogP contribution in [0.25, 0.3) is 0 Å². The summed E-state index contributed by atoms with van der Waals surface area (Å²) in [6.07, 6.45) is 1.73. The van der Waals surface area contributed by atoms with E-state index < -0.39 is 0 Å². The molecule has 138 valence electrons. The zero-order valence-electron chi connectivity index (χ0n) is 14.4. The fourth-order valence-electron chi connectivity index (χ4n) is 2.03. The zero-order valence-corrected chi connectivity index (χ0v) is 18.3. The van der Waals surface area contributed by atoms with E-state index in [2.05, 4.69) is 32.7 Å². The molecule has 0 aliphatic heterocycles. The Kier molecular flexibility index (Phi) is 10.9. The van der Waals surface area contributed by atoms with Gasteiger partial charge in [0.25, 0.3) is 0 Å². The maximum absolute atomic E-state index is 5.89. The number of aryl methyl sites for hydroxylation is 1. The van der Waals surface area contributed by atoms with Gasteiger partial charge in [-0.1, -0.05) is 11.6 Å². The molecule has 0 aliphatic carbocycles. The quantitative estimate of drug-likeness (QED) is 0.194. The topological polar surface area (TPSA) is 67.1 Å². The van der Waals surface area contributed by atoms with E-state index in [9.17, 15) is 0 Å². The van der Waals surface area contributed by atoms with Crippen LogP contribution in [0, 0.1) is 0 Å². The Bertz CT molecular complexity index is 646. The first-order valence-corrected chi connectivity index (χ1v) is 9.36. The largest absolute Gasteiger partial charge is 0.357 e. The molecule has 0 saturated heterocycles. The molecule has 0 saturated carbocycles. The summed E-state index contributed by atoms with van der Waals surface area (Å²) in [6.45, 7) is 7.10. The maximum atomic E-state index is 5.89. The number of rotatable bonds is 8. The molecular weight excluding hydrogens is 471 g/mol. The predicted octanol–water partition coefficient (Wildman–Crippen LogP) is 3.42. The first-order valence-electron chi connectivity index (χ1n) is 8.00. The van der Waals surface area contributed by atoms with Crippen LogP contribution in [0.3, 0.4) is 0 Å². The van der Waals surface area contributed by atoms with Crippen molar-refractivity contribution in [1.82, 2.24) is 25.4 Å². The van der Waals surface area contributed by atoms with Crippen molar-refractivity contribution < 1.29 is 0 Å². The molecule has 0 amide bonds. The van der Waals surface area contributed by atoms with E-state index in [1.165, 1.54) is 4.90 Å². The van der Waals surface area contributed by atoms with Crippen molar-refractivity contribution in [2.75, 3.05) is 18.8 Å². The summed E-state index contributed by atoms with van der Waals surface area (Å²) in [5, 5.41) is 15.4. The van der Waals surface area contributed by atoms with Gasteiger partial charge < -0.3 is 15.2 Å². The smallest absolute Gasteiger partial charge is 0.191 e. The summed E-state index contributed by atoms with van der Waals surface area (Å²) in [5.74, 6) is 2.60. The van der Waals surface area contributed by atoms with Crippen molar-refractivity contribution in [2.45, 2.75) is 31.8 Å². The minimum Gasteiger partial charge on any atom is -0.357 e. The van der Waals surface area contributed by atoms with Crippen LogP contribution in [-0.4, -0.2) is 39.6 Å². The summed E-state index contributed by atoms with van der Waals surface area (Å²) < 4.78 is 1.99. The van der Waals surface area contributed by atoms with Gasteiger partial charge >= 0.3 is 0 Å². The van der Waals surface area contributed by atoms with E-state index in [1.54, 1.807) is 18.1 Å². The number of aliphatic imine (C=N–C) groups is 1. The molecule has 2 rings (SSSR count). The Morgan fingerprint density at radius 1 is 1.24 bits per heavy atom. The molecule has 0 aliphatic rings. The van der Waals surface area contributed by atoms with Gasteiger partial charge in [-0.3, -0.25) is 0 Å². The van der Waals surface area contributed by atoms with Crippen LogP contribution in [0.2, 0.25) is 5.02 Å². The lowest BCUT2D eigenvalue weighted by molar-refractivity contribution is 0.695. The van der Waals surface area contributed by atoms with Crippen LogP contribution in [0.5, 0.6) is 0 Å². The average molecular weight is 495 g/mol. The lowest BCUT2D eigenvalue weighted by Crippen LogP contribution is -2.38. The molecule has 0 radical (unpaired) electrons. The van der Waals surface area contributed by atoms with E-state index in [0.29, 0.717) is 6.54 Å². The molecule has 1 aromatic carbocycles. The number of thioether (sulfide) groups is 1. The molecule has 9 heteroatoms. The third-order valence-corrected chi connectivity index (χ3v) is 4.50. The highest BCUT2D eigenvalue weighted by Crippen LogP contribution is 2.19. The first kappa shape index (κ1) is 22.0. The average Bonchev–Trinajstić information content (AvgIpc) is 3.05. The number of benzene rings is 1. The summed E-state index contributed by atoms with van der Waals surface area (Å²) >= 11 is 7.67. The van der Waals surface area contributed by atoms with Crippen molar-refractivity contribution >= 4 is 53.3 Å². The molecule has 0 spiro atoms. The second-order valence-electron chi connectivity index (χ2n) is 4.96. The van der Waals surface area contributed by atoms with Crippen molar-refractivity contribution in [3.8, 4) is 0 Å². The van der Waals surface area contributed by atoms with Gasteiger partial charge in [-0.25, -0.2) is 4.99 Å². The Balaban J connectivity index is 0.00000312. The fourth-order valence-corrected chi connectivity index (χ4v) is 2.92. The number of hydrogen-bond acceptors (Lipinski definition) is 4. The third-order valence-electron chi connectivity index (χ3n) is 3.24. The first-order chi connectivity index (χ1) is 11.7. The molecule has 2 N–H and O–H groups in total. The fraction of sp³-hybridized carbons (Fsp3) is 0.438. The monoisotopic (exact) mass is 494 g/mol. The number of guanidine groups is 1. The Morgan fingerprint density at radius 3 is 2.68 bits per heavy atom. The second kappa shape index (κ2) is 12.4. The van der Waals surface area contributed by atoms with Gasteiger partial charge in [0.05, 0.1) is 0 Å². The molecule has 0 atom stereocenters. The molecule has 1 heterocycles. The molecule has 0 fully saturated rings. The summed E-state index contributed by atoms with van der Waals surface area (Å²) in [6, 6.07) is 7.88. The Hall–Kier alpha value is -1.000. The van der Waals surface area contributed by atoms with Crippen LogP contribution < -0.4 is 10.6 Å². The Morgan fingerprint density at radius 2 is 2.00 bits per heavy atom. The molecule has 6 nitrogen and oxygen atoms in total. The van der Waals surface area contributed by atoms with Crippen LogP contribution >= 0.6 is 47.3 Å². The Labute approximate surface area is 175 Å². The SMILES string of the molecule is CCNC(=NCc1nncn1CC)NCCSc1ccc(Cl)cc1.I. The minimum atomic E-state index is 0. The van der Waals surface area contributed by atoms with Crippen LogP contribution in [0.1, 0.15) is 19.7 Å². The summed E-state index contributed by atoms with van der Waals surface area (Å²) in [4.78, 5) is 5.77. The zero-order chi connectivity index (χ0) is 17.2. The van der Waals surface area contributed by atoms with Crippen molar-refractivity contribution in [2.24, 2.45) is 4.99 Å². The summed E-state index contributed by atoms with van der Waals surface area (Å²) in [7, 11) is 0. The van der Waals surface area contributed by atoms with Gasteiger partial charge in [0.2, 0.25) is 0 Å². The normalized spacial score (nSPS) is 11.1. The van der Waals surface area contributed by atoms with Crippen LogP contribution in [0.4, 0.5) is 0 Å². The van der Waals surface area contributed by atoms with Crippen molar-refractivity contribution in [1.29, 1.82) is 0 Å². The molecular formula is C16H24ClIN6S. The van der Waals surface area contributed by atoms with E-state index in [-0.39, 0.29) is 24.0 Å². The van der Waals surface area contributed by atoms with E-state index in [4.69, 9.17) is 11.6 Å². The molecule has 25 heavy (non-hydrogen) atoms. The van der Waals surface area contributed by atoms with Crippen LogP contribution in [0.15, 0.2) is 40.5 Å². The highest BCUT2D eigenvalue weighted by Gasteiger charge is 2.03. The standard InChI is InChI=1S/C16H23ClN6S.HI/c1-3-18-16(20-11-15-22-21-12-23(15)4-2)19-9-10-24-14-7-5-13(17)6-8-14;/h5-8,12H,3-4,9-11H2,1-2H3,(H2,18,19,20);1H. The third kappa shape index (κ3) is 7.83. The number of nitrogens with zero attached hydrogens (tertiary/aromatic N) is 4.